The van der Waals surface area contributed by atoms with Gasteiger partial charge in [0.1, 0.15) is 17.3 Å². The smallest absolute Gasteiger partial charge is 0.137 e. The van der Waals surface area contributed by atoms with Gasteiger partial charge in [-0.3, -0.25) is 0 Å². The Bertz CT molecular complexity index is 360. The van der Waals surface area contributed by atoms with Crippen LogP contribution in [0.3, 0.4) is 0 Å². The van der Waals surface area contributed by atoms with Crippen molar-refractivity contribution in [1.29, 1.82) is 0 Å². The van der Waals surface area contributed by atoms with Crippen LogP contribution in [-0.2, 0) is 6.42 Å². The third-order valence-corrected chi connectivity index (χ3v) is 3.70. The summed E-state index contributed by atoms with van der Waals surface area (Å²) in [6, 6.07) is 0. The molecule has 0 spiro atoms. The third kappa shape index (κ3) is 3.09. The molecule has 1 aliphatic heterocycles. The minimum absolute atomic E-state index is 0.611. The lowest BCUT2D eigenvalue weighted by Crippen LogP contribution is -2.29. The van der Waals surface area contributed by atoms with Crippen LogP contribution in [0.25, 0.3) is 0 Å². The Hall–Kier alpha value is -0.830. The molecular formula is C13H20ClN3. The van der Waals surface area contributed by atoms with E-state index in [2.05, 4.69) is 21.8 Å². The van der Waals surface area contributed by atoms with Crippen LogP contribution < -0.4 is 4.90 Å². The maximum atomic E-state index is 6.14. The Morgan fingerprint density at radius 3 is 2.41 bits per heavy atom. The second kappa shape index (κ2) is 6.20. The van der Waals surface area contributed by atoms with Crippen LogP contribution in [0.1, 0.15) is 44.6 Å². The van der Waals surface area contributed by atoms with Crippen molar-refractivity contribution in [3.8, 4) is 0 Å². The molecule has 17 heavy (non-hydrogen) atoms. The Kier molecular flexibility index (Phi) is 4.60. The summed E-state index contributed by atoms with van der Waals surface area (Å²) in [6.45, 7) is 4.30. The number of nitrogens with zero attached hydrogens (tertiary/aromatic N) is 3. The monoisotopic (exact) mass is 253 g/mol. The first kappa shape index (κ1) is 12.6. The predicted octanol–water partition coefficient (Wildman–Crippen LogP) is 3.46. The van der Waals surface area contributed by atoms with Gasteiger partial charge in [0, 0.05) is 18.7 Å². The third-order valence-electron chi connectivity index (χ3n) is 3.38. The van der Waals surface area contributed by atoms with Crippen LogP contribution in [0.15, 0.2) is 6.33 Å². The lowest BCUT2D eigenvalue weighted by atomic mass is 10.1. The second-order valence-electron chi connectivity index (χ2n) is 4.58. The average Bonchev–Trinajstić information content (AvgIpc) is 2.28. The van der Waals surface area contributed by atoms with Crippen LogP contribution >= 0.6 is 11.6 Å². The van der Waals surface area contributed by atoms with E-state index in [1.807, 2.05) is 0 Å². The van der Waals surface area contributed by atoms with Gasteiger partial charge in [0.2, 0.25) is 0 Å². The van der Waals surface area contributed by atoms with Gasteiger partial charge < -0.3 is 4.90 Å². The zero-order chi connectivity index (χ0) is 12.1. The van der Waals surface area contributed by atoms with Crippen molar-refractivity contribution in [2.24, 2.45) is 0 Å². The summed E-state index contributed by atoms with van der Waals surface area (Å²) in [7, 11) is 0. The summed E-state index contributed by atoms with van der Waals surface area (Å²) in [6.07, 6.45) is 9.02. The van der Waals surface area contributed by atoms with Gasteiger partial charge >= 0.3 is 0 Å². The Morgan fingerprint density at radius 1 is 1.12 bits per heavy atom. The summed E-state index contributed by atoms with van der Waals surface area (Å²) < 4.78 is 0. The standard InChI is InChI=1S/C13H20ClN3/c1-2-11-12(14)15-10-16-13(11)17-8-6-4-3-5-7-9-17/h10H,2-9H2,1H3. The summed E-state index contributed by atoms with van der Waals surface area (Å²) in [5.74, 6) is 1.05. The van der Waals surface area contributed by atoms with E-state index in [1.165, 1.54) is 32.1 Å². The molecule has 0 aliphatic carbocycles. The molecule has 4 heteroatoms. The number of rotatable bonds is 2. The molecule has 0 saturated carbocycles. The molecule has 0 amide bonds. The quantitative estimate of drug-likeness (QED) is 0.756. The Morgan fingerprint density at radius 2 is 1.76 bits per heavy atom. The summed E-state index contributed by atoms with van der Waals surface area (Å²) in [5.41, 5.74) is 1.09. The van der Waals surface area contributed by atoms with Gasteiger partial charge in [-0.2, -0.15) is 0 Å². The fourth-order valence-corrected chi connectivity index (χ4v) is 2.68. The SMILES string of the molecule is CCc1c(Cl)ncnc1N1CCCCCCC1. The highest BCUT2D eigenvalue weighted by atomic mass is 35.5. The van der Waals surface area contributed by atoms with Crippen molar-refractivity contribution in [2.45, 2.75) is 45.4 Å². The topological polar surface area (TPSA) is 29.0 Å². The van der Waals surface area contributed by atoms with Crippen molar-refractivity contribution in [3.63, 3.8) is 0 Å². The van der Waals surface area contributed by atoms with Crippen molar-refractivity contribution in [3.05, 3.63) is 17.0 Å². The van der Waals surface area contributed by atoms with Crippen molar-refractivity contribution in [2.75, 3.05) is 18.0 Å². The molecule has 1 aromatic heterocycles. The molecule has 0 unspecified atom stereocenters. The van der Waals surface area contributed by atoms with Gasteiger partial charge in [-0.1, -0.05) is 37.8 Å². The zero-order valence-electron chi connectivity index (χ0n) is 10.5. The molecule has 2 rings (SSSR count). The second-order valence-corrected chi connectivity index (χ2v) is 4.93. The molecule has 0 bridgehead atoms. The normalized spacial score (nSPS) is 17.6. The first-order valence-corrected chi connectivity index (χ1v) is 6.95. The molecule has 0 atom stereocenters. The molecule has 94 valence electrons. The van der Waals surface area contributed by atoms with Crippen molar-refractivity contribution >= 4 is 17.4 Å². The highest BCUT2D eigenvalue weighted by molar-refractivity contribution is 6.30. The van der Waals surface area contributed by atoms with Crippen molar-refractivity contribution in [1.82, 2.24) is 9.97 Å². The predicted molar refractivity (Wildman–Crippen MR) is 71.7 cm³/mol. The van der Waals surface area contributed by atoms with E-state index in [1.54, 1.807) is 6.33 Å². The van der Waals surface area contributed by atoms with E-state index >= 15 is 0 Å². The molecule has 1 fully saturated rings. The molecule has 0 radical (unpaired) electrons. The van der Waals surface area contributed by atoms with Gasteiger partial charge in [0.15, 0.2) is 0 Å². The lowest BCUT2D eigenvalue weighted by Gasteiger charge is -2.27. The maximum absolute atomic E-state index is 6.14. The Labute approximate surface area is 108 Å². The van der Waals surface area contributed by atoms with Gasteiger partial charge in [-0.05, 0) is 19.3 Å². The highest BCUT2D eigenvalue weighted by Crippen LogP contribution is 2.25. The first-order chi connectivity index (χ1) is 8.33. The van der Waals surface area contributed by atoms with Gasteiger partial charge in [-0.15, -0.1) is 0 Å². The molecule has 0 N–H and O–H groups in total. The van der Waals surface area contributed by atoms with E-state index in [4.69, 9.17) is 11.6 Å². The minimum Gasteiger partial charge on any atom is -0.356 e. The zero-order valence-corrected chi connectivity index (χ0v) is 11.2. The summed E-state index contributed by atoms with van der Waals surface area (Å²) >= 11 is 6.14. The average molecular weight is 254 g/mol. The van der Waals surface area contributed by atoms with Crippen molar-refractivity contribution < 1.29 is 0 Å². The van der Waals surface area contributed by atoms with E-state index in [0.717, 1.165) is 30.9 Å². The van der Waals surface area contributed by atoms with Gasteiger partial charge in [0.05, 0.1) is 0 Å². The van der Waals surface area contributed by atoms with E-state index in [-0.39, 0.29) is 0 Å². The molecule has 1 aliphatic rings. The molecule has 1 aromatic rings. The number of hydrogen-bond donors (Lipinski definition) is 0. The highest BCUT2D eigenvalue weighted by Gasteiger charge is 2.15. The van der Waals surface area contributed by atoms with Crippen LogP contribution in [0, 0.1) is 0 Å². The van der Waals surface area contributed by atoms with Crippen LogP contribution in [0.2, 0.25) is 5.15 Å². The minimum atomic E-state index is 0.611. The van der Waals surface area contributed by atoms with E-state index in [0.29, 0.717) is 5.15 Å². The number of aromatic nitrogens is 2. The fraction of sp³-hybridized carbons (Fsp3) is 0.692. The molecule has 1 saturated heterocycles. The number of halogens is 1. The van der Waals surface area contributed by atoms with E-state index < -0.39 is 0 Å². The molecule has 0 aromatic carbocycles. The number of anilines is 1. The summed E-state index contributed by atoms with van der Waals surface area (Å²) in [5, 5.41) is 0.611. The molecule has 2 heterocycles. The number of hydrogen-bond acceptors (Lipinski definition) is 3. The van der Waals surface area contributed by atoms with Gasteiger partial charge in [0.25, 0.3) is 0 Å². The lowest BCUT2D eigenvalue weighted by molar-refractivity contribution is 0.552. The Balaban J connectivity index is 2.21. The molecular weight excluding hydrogens is 234 g/mol. The van der Waals surface area contributed by atoms with Crippen LogP contribution in [0.4, 0.5) is 5.82 Å². The fourth-order valence-electron chi connectivity index (χ4n) is 2.42. The molecule has 3 nitrogen and oxygen atoms in total. The van der Waals surface area contributed by atoms with E-state index in [9.17, 15) is 0 Å². The largest absolute Gasteiger partial charge is 0.356 e. The summed E-state index contributed by atoms with van der Waals surface area (Å²) in [4.78, 5) is 10.9. The van der Waals surface area contributed by atoms with Gasteiger partial charge in [-0.25, -0.2) is 9.97 Å². The maximum Gasteiger partial charge on any atom is 0.137 e. The van der Waals surface area contributed by atoms with Crippen LogP contribution in [-0.4, -0.2) is 23.1 Å². The van der Waals surface area contributed by atoms with Crippen LogP contribution in [0.5, 0.6) is 0 Å². The first-order valence-electron chi connectivity index (χ1n) is 6.57.